The number of carbonyl (C=O) groups is 1. The molecule has 2 rings (SSSR count). The van der Waals surface area contributed by atoms with Crippen LogP contribution in [0.2, 0.25) is 0 Å². The van der Waals surface area contributed by atoms with Gasteiger partial charge in [0.2, 0.25) is 10.0 Å². The number of sulfonamides is 1. The van der Waals surface area contributed by atoms with E-state index in [9.17, 15) is 13.2 Å². The summed E-state index contributed by atoms with van der Waals surface area (Å²) in [4.78, 5) is 12.3. The number of rotatable bonds is 4. The first-order chi connectivity index (χ1) is 11.4. The summed E-state index contributed by atoms with van der Waals surface area (Å²) in [5.41, 5.74) is 1.87. The van der Waals surface area contributed by atoms with Crippen molar-refractivity contribution in [3.63, 3.8) is 0 Å². The highest BCUT2D eigenvalue weighted by Crippen LogP contribution is 2.15. The maximum absolute atomic E-state index is 12.3. The molecule has 24 heavy (non-hydrogen) atoms. The quantitative estimate of drug-likeness (QED) is 0.830. The van der Waals surface area contributed by atoms with Crippen LogP contribution in [0.3, 0.4) is 0 Å². The van der Waals surface area contributed by atoms with Gasteiger partial charge in [0.25, 0.3) is 5.91 Å². The molecule has 124 valence electrons. The van der Waals surface area contributed by atoms with Crippen LogP contribution in [-0.4, -0.2) is 27.9 Å². The first kappa shape index (κ1) is 17.7. The standard InChI is InChI=1S/C18H18N2O3S/c1-14-10-11-16(24(22,23)19-2)13-17(14)18(21)20-12-6-9-15-7-4-3-5-8-15/h3-5,7-8,10-11,13,19H,12H2,1-2H3,(H,20,21). The minimum Gasteiger partial charge on any atom is -0.341 e. The molecule has 0 aromatic heterocycles. The van der Waals surface area contributed by atoms with Gasteiger partial charge in [-0.1, -0.05) is 36.1 Å². The summed E-state index contributed by atoms with van der Waals surface area (Å²) in [5.74, 6) is 5.45. The average Bonchev–Trinajstić information content (AvgIpc) is 2.59. The second kappa shape index (κ2) is 7.77. The van der Waals surface area contributed by atoms with Crippen molar-refractivity contribution in [3.8, 4) is 11.8 Å². The maximum atomic E-state index is 12.3. The summed E-state index contributed by atoms with van der Waals surface area (Å²) in [5, 5.41) is 2.68. The lowest BCUT2D eigenvalue weighted by atomic mass is 10.1. The van der Waals surface area contributed by atoms with Crippen LogP contribution >= 0.6 is 0 Å². The Labute approximate surface area is 142 Å². The van der Waals surface area contributed by atoms with Crippen LogP contribution in [0.15, 0.2) is 53.4 Å². The molecule has 0 saturated heterocycles. The lowest BCUT2D eigenvalue weighted by molar-refractivity contribution is 0.0958. The molecule has 0 heterocycles. The molecule has 0 saturated carbocycles. The van der Waals surface area contributed by atoms with E-state index >= 15 is 0 Å². The molecular formula is C18H18N2O3S. The van der Waals surface area contributed by atoms with Gasteiger partial charge in [0.1, 0.15) is 0 Å². The third-order valence-electron chi connectivity index (χ3n) is 3.38. The number of amides is 1. The SMILES string of the molecule is CNS(=O)(=O)c1ccc(C)c(C(=O)NCC#Cc2ccccc2)c1. The number of nitrogens with one attached hydrogen (secondary N) is 2. The van der Waals surface area contributed by atoms with Gasteiger partial charge < -0.3 is 5.32 Å². The fourth-order valence-electron chi connectivity index (χ4n) is 2.02. The fraction of sp³-hybridized carbons (Fsp3) is 0.167. The lowest BCUT2D eigenvalue weighted by Crippen LogP contribution is -2.25. The van der Waals surface area contributed by atoms with Crippen LogP contribution in [0.4, 0.5) is 0 Å². The third-order valence-corrected chi connectivity index (χ3v) is 4.79. The largest absolute Gasteiger partial charge is 0.341 e. The lowest BCUT2D eigenvalue weighted by Gasteiger charge is -2.08. The van der Waals surface area contributed by atoms with E-state index in [0.29, 0.717) is 11.1 Å². The number of carbonyl (C=O) groups excluding carboxylic acids is 1. The summed E-state index contributed by atoms with van der Waals surface area (Å²) < 4.78 is 25.9. The van der Waals surface area contributed by atoms with Gasteiger partial charge in [0, 0.05) is 11.1 Å². The molecule has 0 aliphatic carbocycles. The number of hydrogen-bond acceptors (Lipinski definition) is 3. The first-order valence-corrected chi connectivity index (χ1v) is 8.78. The van der Waals surface area contributed by atoms with Gasteiger partial charge in [0.05, 0.1) is 11.4 Å². The highest BCUT2D eigenvalue weighted by atomic mass is 32.2. The highest BCUT2D eigenvalue weighted by Gasteiger charge is 2.16. The molecule has 0 unspecified atom stereocenters. The molecule has 6 heteroatoms. The first-order valence-electron chi connectivity index (χ1n) is 7.30. The molecule has 5 nitrogen and oxygen atoms in total. The van der Waals surface area contributed by atoms with Crippen LogP contribution in [0.25, 0.3) is 0 Å². The molecule has 0 atom stereocenters. The summed E-state index contributed by atoms with van der Waals surface area (Å²) >= 11 is 0. The Morgan fingerprint density at radius 1 is 1.12 bits per heavy atom. The predicted octanol–water partition coefficient (Wildman–Crippen LogP) is 1.68. The molecule has 0 aliphatic heterocycles. The van der Waals surface area contributed by atoms with E-state index in [1.54, 1.807) is 13.0 Å². The topological polar surface area (TPSA) is 75.3 Å². The van der Waals surface area contributed by atoms with E-state index < -0.39 is 10.0 Å². The Morgan fingerprint density at radius 2 is 1.83 bits per heavy atom. The van der Waals surface area contributed by atoms with E-state index in [2.05, 4.69) is 21.9 Å². The number of aryl methyl sites for hydroxylation is 1. The van der Waals surface area contributed by atoms with Gasteiger partial charge in [0.15, 0.2) is 0 Å². The second-order valence-electron chi connectivity index (χ2n) is 5.03. The van der Waals surface area contributed by atoms with Crippen LogP contribution in [0, 0.1) is 18.8 Å². The van der Waals surface area contributed by atoms with Crippen molar-refractivity contribution in [3.05, 3.63) is 65.2 Å². The normalized spacial score (nSPS) is 10.6. The fourth-order valence-corrected chi connectivity index (χ4v) is 2.77. The predicted molar refractivity (Wildman–Crippen MR) is 93.1 cm³/mol. The Balaban J connectivity index is 2.10. The Bertz CT molecular complexity index is 895. The Morgan fingerprint density at radius 3 is 2.50 bits per heavy atom. The molecule has 0 radical (unpaired) electrons. The van der Waals surface area contributed by atoms with E-state index in [-0.39, 0.29) is 17.3 Å². The van der Waals surface area contributed by atoms with E-state index in [1.165, 1.54) is 19.2 Å². The summed E-state index contributed by atoms with van der Waals surface area (Å²) in [7, 11) is -2.26. The van der Waals surface area contributed by atoms with E-state index in [4.69, 9.17) is 0 Å². The Kier molecular flexibility index (Phi) is 5.74. The van der Waals surface area contributed by atoms with Crippen molar-refractivity contribution < 1.29 is 13.2 Å². The van der Waals surface area contributed by atoms with E-state index in [1.807, 2.05) is 30.3 Å². The third kappa shape index (κ3) is 4.44. The van der Waals surface area contributed by atoms with Gasteiger partial charge in [-0.2, -0.15) is 0 Å². The van der Waals surface area contributed by atoms with Gasteiger partial charge in [-0.05, 0) is 43.8 Å². The Hall–Kier alpha value is -2.62. The number of hydrogen-bond donors (Lipinski definition) is 2. The summed E-state index contributed by atoms with van der Waals surface area (Å²) in [6.07, 6.45) is 0. The van der Waals surface area contributed by atoms with Crippen molar-refractivity contribution in [2.45, 2.75) is 11.8 Å². The van der Waals surface area contributed by atoms with Gasteiger partial charge in [-0.3, -0.25) is 4.79 Å². The number of benzene rings is 2. The summed E-state index contributed by atoms with van der Waals surface area (Å²) in [6.45, 7) is 1.93. The molecule has 2 aromatic rings. The van der Waals surface area contributed by atoms with Crippen LogP contribution in [-0.2, 0) is 10.0 Å². The van der Waals surface area contributed by atoms with E-state index in [0.717, 1.165) is 5.56 Å². The molecule has 0 aliphatic rings. The zero-order valence-corrected chi connectivity index (χ0v) is 14.3. The minimum absolute atomic E-state index is 0.0520. The van der Waals surface area contributed by atoms with Crippen molar-refractivity contribution in [1.29, 1.82) is 0 Å². The molecule has 1 amide bonds. The molecule has 0 fully saturated rings. The zero-order chi connectivity index (χ0) is 17.6. The van der Waals surface area contributed by atoms with Crippen molar-refractivity contribution in [1.82, 2.24) is 10.0 Å². The monoisotopic (exact) mass is 342 g/mol. The second-order valence-corrected chi connectivity index (χ2v) is 6.92. The van der Waals surface area contributed by atoms with Crippen molar-refractivity contribution in [2.75, 3.05) is 13.6 Å². The minimum atomic E-state index is -3.59. The van der Waals surface area contributed by atoms with Crippen molar-refractivity contribution >= 4 is 15.9 Å². The van der Waals surface area contributed by atoms with Gasteiger partial charge in [-0.25, -0.2) is 13.1 Å². The molecule has 2 aromatic carbocycles. The average molecular weight is 342 g/mol. The molecular weight excluding hydrogens is 324 g/mol. The van der Waals surface area contributed by atoms with Crippen LogP contribution < -0.4 is 10.0 Å². The van der Waals surface area contributed by atoms with Crippen LogP contribution in [0.5, 0.6) is 0 Å². The molecule has 0 bridgehead atoms. The zero-order valence-electron chi connectivity index (χ0n) is 13.5. The molecule has 2 N–H and O–H groups in total. The van der Waals surface area contributed by atoms with Crippen molar-refractivity contribution in [2.24, 2.45) is 0 Å². The smallest absolute Gasteiger partial charge is 0.252 e. The van der Waals surface area contributed by atoms with Gasteiger partial charge >= 0.3 is 0 Å². The summed E-state index contributed by atoms with van der Waals surface area (Å²) in [6, 6.07) is 13.9. The highest BCUT2D eigenvalue weighted by molar-refractivity contribution is 7.89. The molecule has 0 spiro atoms. The maximum Gasteiger partial charge on any atom is 0.252 e. The van der Waals surface area contributed by atoms with Crippen LogP contribution in [0.1, 0.15) is 21.5 Å². The van der Waals surface area contributed by atoms with Gasteiger partial charge in [-0.15, -0.1) is 0 Å².